The Balaban J connectivity index is 1.68. The molecule has 0 bridgehead atoms. The number of ether oxygens (including phenoxy) is 2. The van der Waals surface area contributed by atoms with Crippen LogP contribution in [-0.2, 0) is 11.2 Å². The van der Waals surface area contributed by atoms with Gasteiger partial charge in [0.05, 0.1) is 13.5 Å². The normalized spacial score (nSPS) is 10.3. The van der Waals surface area contributed by atoms with E-state index in [1.54, 1.807) is 24.4 Å². The number of benzene rings is 3. The number of hydroxylamine groups is 1. The summed E-state index contributed by atoms with van der Waals surface area (Å²) in [5.41, 5.74) is 2.52. The molecule has 0 fully saturated rings. The zero-order chi connectivity index (χ0) is 19.1. The standard InChI is InChI=1S/C21H19NO4S/c1-25-16-6-8-17(9-7-16)26-18-10-12-19(13-11-18)27-20-5-3-2-4-15(20)14-21(23)22-24/h2-13,24H,14H2,1H3,(H,22,23). The highest BCUT2D eigenvalue weighted by molar-refractivity contribution is 7.99. The molecule has 0 saturated heterocycles. The van der Waals surface area contributed by atoms with Crippen molar-refractivity contribution < 1.29 is 19.5 Å². The molecule has 138 valence electrons. The highest BCUT2D eigenvalue weighted by Gasteiger charge is 2.08. The minimum atomic E-state index is -0.439. The summed E-state index contributed by atoms with van der Waals surface area (Å²) in [5, 5.41) is 8.73. The van der Waals surface area contributed by atoms with Gasteiger partial charge in [0.25, 0.3) is 0 Å². The van der Waals surface area contributed by atoms with Crippen molar-refractivity contribution in [3.63, 3.8) is 0 Å². The number of rotatable bonds is 7. The van der Waals surface area contributed by atoms with Crippen molar-refractivity contribution in [3.05, 3.63) is 78.4 Å². The summed E-state index contributed by atoms with van der Waals surface area (Å²) in [5.74, 6) is 1.81. The molecule has 2 N–H and O–H groups in total. The first-order valence-corrected chi connectivity index (χ1v) is 9.10. The molecule has 3 aromatic carbocycles. The molecule has 0 saturated carbocycles. The highest BCUT2D eigenvalue weighted by atomic mass is 32.2. The third kappa shape index (κ3) is 5.26. The van der Waals surface area contributed by atoms with Gasteiger partial charge in [-0.3, -0.25) is 10.0 Å². The quantitative estimate of drug-likeness (QED) is 0.459. The fraction of sp³-hybridized carbons (Fsp3) is 0.0952. The van der Waals surface area contributed by atoms with Gasteiger partial charge in [-0.05, 0) is 60.2 Å². The Morgan fingerprint density at radius 3 is 2.15 bits per heavy atom. The van der Waals surface area contributed by atoms with Gasteiger partial charge in [-0.25, -0.2) is 5.48 Å². The smallest absolute Gasteiger partial charge is 0.247 e. The summed E-state index contributed by atoms with van der Waals surface area (Å²) >= 11 is 1.55. The molecule has 0 aromatic heterocycles. The Labute approximate surface area is 161 Å². The molecule has 0 aliphatic rings. The fourth-order valence-electron chi connectivity index (χ4n) is 2.44. The van der Waals surface area contributed by atoms with Gasteiger partial charge in [-0.2, -0.15) is 0 Å². The summed E-state index contributed by atoms with van der Waals surface area (Å²) in [7, 11) is 1.63. The molecule has 0 radical (unpaired) electrons. The van der Waals surface area contributed by atoms with E-state index in [2.05, 4.69) is 0 Å². The second-order valence-corrected chi connectivity index (χ2v) is 6.79. The van der Waals surface area contributed by atoms with Gasteiger partial charge in [0, 0.05) is 9.79 Å². The van der Waals surface area contributed by atoms with E-state index in [9.17, 15) is 4.79 Å². The molecule has 3 rings (SSSR count). The third-order valence-corrected chi connectivity index (χ3v) is 4.92. The van der Waals surface area contributed by atoms with E-state index in [1.165, 1.54) is 0 Å². The predicted molar refractivity (Wildman–Crippen MR) is 104 cm³/mol. The van der Waals surface area contributed by atoms with Crippen LogP contribution < -0.4 is 15.0 Å². The summed E-state index contributed by atoms with van der Waals surface area (Å²) in [4.78, 5) is 13.4. The van der Waals surface area contributed by atoms with E-state index in [1.807, 2.05) is 72.8 Å². The number of hydrogen-bond acceptors (Lipinski definition) is 5. The van der Waals surface area contributed by atoms with Crippen LogP contribution in [0.15, 0.2) is 82.6 Å². The van der Waals surface area contributed by atoms with Gasteiger partial charge in [0.1, 0.15) is 17.2 Å². The van der Waals surface area contributed by atoms with Crippen molar-refractivity contribution in [1.29, 1.82) is 0 Å². The van der Waals surface area contributed by atoms with Crippen LogP contribution in [0.4, 0.5) is 0 Å². The second-order valence-electron chi connectivity index (χ2n) is 5.67. The van der Waals surface area contributed by atoms with Crippen LogP contribution in [0, 0.1) is 0 Å². The number of hydrogen-bond donors (Lipinski definition) is 2. The van der Waals surface area contributed by atoms with Gasteiger partial charge < -0.3 is 9.47 Å². The minimum absolute atomic E-state index is 0.123. The Bertz CT molecular complexity index is 895. The Morgan fingerprint density at radius 2 is 1.52 bits per heavy atom. The molecule has 27 heavy (non-hydrogen) atoms. The van der Waals surface area contributed by atoms with E-state index in [-0.39, 0.29) is 6.42 Å². The maximum Gasteiger partial charge on any atom is 0.247 e. The molecule has 0 unspecified atom stereocenters. The van der Waals surface area contributed by atoms with Gasteiger partial charge in [0.2, 0.25) is 5.91 Å². The number of methoxy groups -OCH3 is 1. The van der Waals surface area contributed by atoms with Crippen molar-refractivity contribution in [2.45, 2.75) is 16.2 Å². The molecule has 0 atom stereocenters. The molecular weight excluding hydrogens is 362 g/mol. The Morgan fingerprint density at radius 1 is 0.926 bits per heavy atom. The van der Waals surface area contributed by atoms with Crippen LogP contribution in [0.25, 0.3) is 0 Å². The fourth-order valence-corrected chi connectivity index (χ4v) is 3.39. The largest absolute Gasteiger partial charge is 0.497 e. The summed E-state index contributed by atoms with van der Waals surface area (Å²) < 4.78 is 11.0. The molecule has 0 spiro atoms. The van der Waals surface area contributed by atoms with E-state index in [4.69, 9.17) is 14.7 Å². The topological polar surface area (TPSA) is 67.8 Å². The van der Waals surface area contributed by atoms with Gasteiger partial charge in [0.15, 0.2) is 0 Å². The SMILES string of the molecule is COc1ccc(Oc2ccc(Sc3ccccc3CC(=O)NO)cc2)cc1. The zero-order valence-electron chi connectivity index (χ0n) is 14.7. The van der Waals surface area contributed by atoms with Crippen molar-refractivity contribution in [2.75, 3.05) is 7.11 Å². The lowest BCUT2D eigenvalue weighted by Crippen LogP contribution is -2.20. The Kier molecular flexibility index (Phi) is 6.35. The van der Waals surface area contributed by atoms with Crippen LogP contribution in [-0.4, -0.2) is 18.2 Å². The second kappa shape index (κ2) is 9.12. The average molecular weight is 381 g/mol. The van der Waals surface area contributed by atoms with Gasteiger partial charge >= 0.3 is 0 Å². The predicted octanol–water partition coefficient (Wildman–Crippen LogP) is 4.69. The van der Waals surface area contributed by atoms with Gasteiger partial charge in [-0.1, -0.05) is 30.0 Å². The molecular formula is C21H19NO4S. The van der Waals surface area contributed by atoms with Crippen molar-refractivity contribution in [2.24, 2.45) is 0 Å². The highest BCUT2D eigenvalue weighted by Crippen LogP contribution is 2.32. The lowest BCUT2D eigenvalue weighted by atomic mass is 10.1. The molecule has 1 amide bonds. The maximum absolute atomic E-state index is 11.4. The lowest BCUT2D eigenvalue weighted by Gasteiger charge is -2.10. The van der Waals surface area contributed by atoms with Crippen LogP contribution in [0.2, 0.25) is 0 Å². The van der Waals surface area contributed by atoms with E-state index < -0.39 is 5.91 Å². The average Bonchev–Trinajstić information content (AvgIpc) is 2.71. The summed E-state index contributed by atoms with van der Waals surface area (Å²) in [6.07, 6.45) is 0.123. The first-order valence-electron chi connectivity index (χ1n) is 8.28. The van der Waals surface area contributed by atoms with E-state index in [0.29, 0.717) is 0 Å². The maximum atomic E-state index is 11.4. The molecule has 0 aliphatic carbocycles. The van der Waals surface area contributed by atoms with Crippen molar-refractivity contribution in [1.82, 2.24) is 5.48 Å². The van der Waals surface area contributed by atoms with Crippen molar-refractivity contribution >= 4 is 17.7 Å². The molecule has 0 heterocycles. The summed E-state index contributed by atoms with van der Waals surface area (Å²) in [6.45, 7) is 0. The number of nitrogens with one attached hydrogen (secondary N) is 1. The first kappa shape index (κ1) is 18.8. The number of carbonyl (C=O) groups is 1. The van der Waals surface area contributed by atoms with Crippen LogP contribution in [0.5, 0.6) is 17.2 Å². The third-order valence-electron chi connectivity index (χ3n) is 3.79. The van der Waals surface area contributed by atoms with Crippen LogP contribution in [0.3, 0.4) is 0 Å². The molecule has 0 aliphatic heterocycles. The van der Waals surface area contributed by atoms with E-state index >= 15 is 0 Å². The van der Waals surface area contributed by atoms with Crippen LogP contribution >= 0.6 is 11.8 Å². The van der Waals surface area contributed by atoms with Crippen LogP contribution in [0.1, 0.15) is 5.56 Å². The monoisotopic (exact) mass is 381 g/mol. The molecule has 5 nitrogen and oxygen atoms in total. The Hall–Kier alpha value is -2.96. The van der Waals surface area contributed by atoms with Crippen molar-refractivity contribution in [3.8, 4) is 17.2 Å². The number of carbonyl (C=O) groups excluding carboxylic acids is 1. The minimum Gasteiger partial charge on any atom is -0.497 e. The summed E-state index contributed by atoms with van der Waals surface area (Å²) in [6, 6.07) is 22.7. The molecule has 6 heteroatoms. The zero-order valence-corrected chi connectivity index (χ0v) is 15.5. The number of amides is 1. The van der Waals surface area contributed by atoms with Gasteiger partial charge in [-0.15, -0.1) is 0 Å². The van der Waals surface area contributed by atoms with E-state index in [0.717, 1.165) is 32.6 Å². The lowest BCUT2D eigenvalue weighted by molar-refractivity contribution is -0.128. The first-order chi connectivity index (χ1) is 13.2. The molecule has 3 aromatic rings.